The van der Waals surface area contributed by atoms with Crippen molar-refractivity contribution < 1.29 is 27.2 Å². The second-order valence-corrected chi connectivity index (χ2v) is 20.4. The van der Waals surface area contributed by atoms with E-state index in [1.165, 1.54) is 4.68 Å². The van der Waals surface area contributed by atoms with Gasteiger partial charge in [-0.2, -0.15) is 5.10 Å². The van der Waals surface area contributed by atoms with E-state index in [0.717, 1.165) is 0 Å². The second-order valence-electron chi connectivity index (χ2n) is 12.4. The molecule has 11 heteroatoms. The molecule has 1 amide bonds. The zero-order valence-electron chi connectivity index (χ0n) is 24.2. The Labute approximate surface area is 228 Å². The first-order chi connectivity index (χ1) is 17.7. The van der Waals surface area contributed by atoms with Crippen molar-refractivity contribution in [2.24, 2.45) is 7.05 Å². The lowest BCUT2D eigenvalue weighted by Gasteiger charge is -2.48. The number of carbonyl (C=O) groups is 2. The van der Waals surface area contributed by atoms with Crippen LogP contribution >= 0.6 is 0 Å². The molecule has 2 aliphatic carbocycles. The Kier molecular flexibility index (Phi) is 7.97. The molecule has 38 heavy (non-hydrogen) atoms. The van der Waals surface area contributed by atoms with E-state index in [1.807, 2.05) is 0 Å². The Bertz CT molecular complexity index is 1160. The van der Waals surface area contributed by atoms with Crippen molar-refractivity contribution in [2.45, 2.75) is 113 Å². The first-order valence-corrected chi connectivity index (χ1v) is 17.8. The van der Waals surface area contributed by atoms with Crippen LogP contribution in [0.3, 0.4) is 0 Å². The van der Waals surface area contributed by atoms with Crippen molar-refractivity contribution >= 4 is 30.0 Å². The summed E-state index contributed by atoms with van der Waals surface area (Å²) in [6.07, 6.45) is 2.71. The lowest BCUT2D eigenvalue weighted by Crippen LogP contribution is -2.56. The minimum absolute atomic E-state index is 0.000594. The number of nitrogens with zero attached hydrogens (tertiary/aromatic N) is 3. The maximum atomic E-state index is 13.8. The molecule has 1 aliphatic heterocycles. The fourth-order valence-electron chi connectivity index (χ4n) is 7.02. The molecule has 0 bridgehead atoms. The van der Waals surface area contributed by atoms with Crippen LogP contribution in [0.4, 0.5) is 0 Å². The molecule has 2 heterocycles. The van der Waals surface area contributed by atoms with E-state index in [9.17, 15) is 18.0 Å². The smallest absolute Gasteiger partial charge is 0.359 e. The third-order valence-electron chi connectivity index (χ3n) is 9.19. The molecule has 2 fully saturated rings. The monoisotopic (exact) mass is 567 g/mol. The summed E-state index contributed by atoms with van der Waals surface area (Å²) in [5, 5.41) is 3.84. The van der Waals surface area contributed by atoms with Gasteiger partial charge in [0, 0.05) is 31.8 Å². The average Bonchev–Trinajstić information content (AvgIpc) is 3.51. The van der Waals surface area contributed by atoms with E-state index in [2.05, 4.69) is 46.6 Å². The topological polar surface area (TPSA) is 108 Å². The van der Waals surface area contributed by atoms with Gasteiger partial charge in [-0.25, -0.2) is 13.2 Å². The van der Waals surface area contributed by atoms with E-state index in [-0.39, 0.29) is 30.9 Å². The fourth-order valence-corrected chi connectivity index (χ4v) is 15.3. The fraction of sp³-hybridized carbons (Fsp3) is 0.815. The highest BCUT2D eigenvalue weighted by Crippen LogP contribution is 2.52. The second kappa shape index (κ2) is 10.4. The summed E-state index contributed by atoms with van der Waals surface area (Å²) in [5.41, 5.74) is 2.49. The third kappa shape index (κ3) is 4.66. The number of hydrogen-bond acceptors (Lipinski definition) is 7. The molecule has 0 radical (unpaired) electrons. The summed E-state index contributed by atoms with van der Waals surface area (Å²) in [4.78, 5) is 27.4. The van der Waals surface area contributed by atoms with Crippen LogP contribution in [0, 0.1) is 0 Å². The highest BCUT2D eigenvalue weighted by atomic mass is 32.2. The molecule has 0 atom stereocenters. The van der Waals surface area contributed by atoms with Gasteiger partial charge < -0.3 is 14.1 Å². The number of aryl methyl sites for hydroxylation is 1. The Balaban J connectivity index is 1.45. The maximum absolute atomic E-state index is 13.8. The standard InChI is InChI=1S/C27H45N3O6SSi/c1-9-35-26(32)23-22-10-13-30(25(31)24(22)29(8)28-23)16-27(11-12-27)37(33,34)21-14-20(15-21)36-38(17(2)3,18(4)5)19(6)7/h17-21H,9-16H2,1-8H3/t20-,21+. The van der Waals surface area contributed by atoms with E-state index in [4.69, 9.17) is 9.16 Å². The molecule has 2 saturated carbocycles. The van der Waals surface area contributed by atoms with Gasteiger partial charge in [0.05, 0.1) is 16.6 Å². The Morgan fingerprint density at radius 1 is 1.11 bits per heavy atom. The van der Waals surface area contributed by atoms with Crippen LogP contribution in [0.2, 0.25) is 16.6 Å². The maximum Gasteiger partial charge on any atom is 0.359 e. The summed E-state index contributed by atoms with van der Waals surface area (Å²) in [6.45, 7) is 16.0. The minimum atomic E-state index is -3.42. The lowest BCUT2D eigenvalue weighted by atomic mass is 9.96. The Morgan fingerprint density at radius 2 is 1.68 bits per heavy atom. The van der Waals surface area contributed by atoms with Gasteiger partial charge in [-0.1, -0.05) is 41.5 Å². The van der Waals surface area contributed by atoms with Crippen molar-refractivity contribution in [2.75, 3.05) is 19.7 Å². The number of rotatable bonds is 11. The third-order valence-corrected chi connectivity index (χ3v) is 18.4. The number of fused-ring (bicyclic) bond motifs is 1. The number of aromatic nitrogens is 2. The molecule has 0 N–H and O–H groups in total. The van der Waals surface area contributed by atoms with Crippen molar-refractivity contribution in [3.8, 4) is 0 Å². The SMILES string of the molecule is CCOC(=O)c1nn(C)c2c1CCN(CC1(S(=O)(=O)[C@H]3C[C@@H](O[Si](C(C)C)(C(C)C)C(C)C)C3)CC1)C2=O. The molecule has 1 aromatic rings. The van der Waals surface area contributed by atoms with Crippen LogP contribution in [-0.4, -0.2) is 79.1 Å². The van der Waals surface area contributed by atoms with Gasteiger partial charge in [-0.3, -0.25) is 9.48 Å². The van der Waals surface area contributed by atoms with E-state index in [1.54, 1.807) is 18.9 Å². The highest BCUT2D eigenvalue weighted by Gasteiger charge is 2.61. The van der Waals surface area contributed by atoms with E-state index < -0.39 is 34.1 Å². The van der Waals surface area contributed by atoms with Crippen LogP contribution in [0.25, 0.3) is 0 Å². The molecule has 4 rings (SSSR count). The van der Waals surface area contributed by atoms with Gasteiger partial charge in [0.1, 0.15) is 5.69 Å². The summed E-state index contributed by atoms with van der Waals surface area (Å²) in [5.74, 6) is -0.803. The van der Waals surface area contributed by atoms with Crippen LogP contribution in [0.5, 0.6) is 0 Å². The summed E-state index contributed by atoms with van der Waals surface area (Å²) >= 11 is 0. The highest BCUT2D eigenvalue weighted by molar-refractivity contribution is 7.93. The van der Waals surface area contributed by atoms with Gasteiger partial charge >= 0.3 is 5.97 Å². The van der Waals surface area contributed by atoms with Crippen LogP contribution in [-0.2, 0) is 32.5 Å². The Morgan fingerprint density at radius 3 is 2.18 bits per heavy atom. The van der Waals surface area contributed by atoms with Crippen LogP contribution in [0.1, 0.15) is 101 Å². The average molecular weight is 568 g/mol. The van der Waals surface area contributed by atoms with Crippen molar-refractivity contribution in [1.82, 2.24) is 14.7 Å². The zero-order valence-corrected chi connectivity index (χ0v) is 26.1. The quantitative estimate of drug-likeness (QED) is 0.290. The first-order valence-electron chi connectivity index (χ1n) is 14.1. The zero-order chi connectivity index (χ0) is 28.2. The number of carbonyl (C=O) groups excluding carboxylic acids is 2. The predicted octanol–water partition coefficient (Wildman–Crippen LogP) is 4.27. The molecular weight excluding hydrogens is 522 g/mol. The van der Waals surface area contributed by atoms with Gasteiger partial charge in [-0.15, -0.1) is 0 Å². The number of amides is 1. The van der Waals surface area contributed by atoms with Gasteiger partial charge in [0.25, 0.3) is 5.91 Å². The summed E-state index contributed by atoms with van der Waals surface area (Å²) in [6, 6.07) is 0. The molecular formula is C27H45N3O6SSi. The minimum Gasteiger partial charge on any atom is -0.461 e. The van der Waals surface area contributed by atoms with E-state index >= 15 is 0 Å². The van der Waals surface area contributed by atoms with Crippen molar-refractivity contribution in [1.29, 1.82) is 0 Å². The van der Waals surface area contributed by atoms with Crippen LogP contribution in [0.15, 0.2) is 0 Å². The number of esters is 1. The molecule has 3 aliphatic rings. The summed E-state index contributed by atoms with van der Waals surface area (Å²) < 4.78 is 40.1. The lowest BCUT2D eigenvalue weighted by molar-refractivity contribution is 0.0517. The summed E-state index contributed by atoms with van der Waals surface area (Å²) in [7, 11) is -3.85. The molecule has 0 aromatic carbocycles. The molecule has 1 aromatic heterocycles. The molecule has 0 spiro atoms. The predicted molar refractivity (Wildman–Crippen MR) is 149 cm³/mol. The normalized spacial score (nSPS) is 23.1. The van der Waals surface area contributed by atoms with Crippen molar-refractivity contribution in [3.05, 3.63) is 17.0 Å². The molecule has 0 unspecified atom stereocenters. The number of sulfone groups is 1. The van der Waals surface area contributed by atoms with E-state index in [0.29, 0.717) is 66.5 Å². The van der Waals surface area contributed by atoms with Gasteiger partial charge in [0.15, 0.2) is 15.5 Å². The molecule has 9 nitrogen and oxygen atoms in total. The first kappa shape index (κ1) is 29.3. The van der Waals surface area contributed by atoms with Gasteiger partial charge in [0.2, 0.25) is 8.32 Å². The van der Waals surface area contributed by atoms with Crippen molar-refractivity contribution in [3.63, 3.8) is 0 Å². The number of ether oxygens (including phenoxy) is 1. The number of hydrogen-bond donors (Lipinski definition) is 0. The van der Waals surface area contributed by atoms with Crippen LogP contribution < -0.4 is 0 Å². The largest absolute Gasteiger partial charge is 0.461 e. The Hall–Kier alpha value is -1.72. The molecule has 0 saturated heterocycles. The molecule has 214 valence electrons. The van der Waals surface area contributed by atoms with Gasteiger partial charge in [-0.05, 0) is 55.7 Å².